The van der Waals surface area contributed by atoms with Crippen LogP contribution in [0.15, 0.2) is 12.2 Å². The van der Waals surface area contributed by atoms with E-state index in [0.29, 0.717) is 6.42 Å². The van der Waals surface area contributed by atoms with Crippen LogP contribution in [0.4, 0.5) is 0 Å². The molecule has 1 aliphatic heterocycles. The number of allylic oxidation sites excluding steroid dienone is 1. The molecule has 1 fully saturated rings. The Kier molecular flexibility index (Phi) is 6.94. The van der Waals surface area contributed by atoms with Crippen molar-refractivity contribution in [2.75, 3.05) is 0 Å². The maximum absolute atomic E-state index is 11.1. The Morgan fingerprint density at radius 1 is 1.35 bits per heavy atom. The van der Waals surface area contributed by atoms with Crippen LogP contribution in [0, 0.1) is 0 Å². The molecule has 0 saturated carbocycles. The second kappa shape index (κ2) is 8.29. The molecule has 1 saturated heterocycles. The van der Waals surface area contributed by atoms with Gasteiger partial charge in [0.05, 0.1) is 12.5 Å². The first-order chi connectivity index (χ1) is 8.22. The van der Waals surface area contributed by atoms with Gasteiger partial charge in [0.1, 0.15) is 6.10 Å². The minimum atomic E-state index is -0.532. The van der Waals surface area contributed by atoms with Crippen molar-refractivity contribution in [2.24, 2.45) is 0 Å². The van der Waals surface area contributed by atoms with E-state index in [4.69, 9.17) is 4.74 Å². The first-order valence-electron chi connectivity index (χ1n) is 6.76. The lowest BCUT2D eigenvalue weighted by atomic mass is 10.0. The SMILES string of the molecule is CCCCCCC/C=C/[C@H]1C[C@H](O)CC(=O)O1. The number of ether oxygens (including phenoxy) is 1. The lowest BCUT2D eigenvalue weighted by molar-refractivity contribution is -0.156. The van der Waals surface area contributed by atoms with Crippen LogP contribution in [-0.2, 0) is 9.53 Å². The van der Waals surface area contributed by atoms with Crippen molar-refractivity contribution in [1.29, 1.82) is 0 Å². The van der Waals surface area contributed by atoms with E-state index in [9.17, 15) is 9.90 Å². The molecule has 0 aromatic rings. The number of carbonyl (C=O) groups is 1. The fraction of sp³-hybridized carbons (Fsp3) is 0.786. The highest BCUT2D eigenvalue weighted by Gasteiger charge is 2.24. The van der Waals surface area contributed by atoms with Gasteiger partial charge in [-0.3, -0.25) is 4.79 Å². The summed E-state index contributed by atoms with van der Waals surface area (Å²) in [5, 5.41) is 9.42. The van der Waals surface area contributed by atoms with Crippen molar-refractivity contribution in [3.63, 3.8) is 0 Å². The molecule has 0 aliphatic carbocycles. The van der Waals surface area contributed by atoms with Gasteiger partial charge in [0.25, 0.3) is 0 Å². The second-order valence-corrected chi connectivity index (χ2v) is 4.75. The van der Waals surface area contributed by atoms with Crippen LogP contribution in [0.2, 0.25) is 0 Å². The Labute approximate surface area is 104 Å². The number of aliphatic hydroxyl groups is 1. The zero-order chi connectivity index (χ0) is 12.5. The van der Waals surface area contributed by atoms with E-state index >= 15 is 0 Å². The average molecular weight is 240 g/mol. The summed E-state index contributed by atoms with van der Waals surface area (Å²) in [7, 11) is 0. The average Bonchev–Trinajstić information content (AvgIpc) is 2.26. The van der Waals surface area contributed by atoms with Crippen LogP contribution < -0.4 is 0 Å². The minimum Gasteiger partial charge on any atom is -0.458 e. The Balaban J connectivity index is 2.09. The topological polar surface area (TPSA) is 46.5 Å². The van der Waals surface area contributed by atoms with Crippen molar-refractivity contribution >= 4 is 5.97 Å². The van der Waals surface area contributed by atoms with Crippen molar-refractivity contribution < 1.29 is 14.6 Å². The maximum atomic E-state index is 11.1. The molecule has 1 rings (SSSR count). The van der Waals surface area contributed by atoms with E-state index in [0.717, 1.165) is 6.42 Å². The van der Waals surface area contributed by atoms with Gasteiger partial charge in [-0.25, -0.2) is 0 Å². The van der Waals surface area contributed by atoms with Gasteiger partial charge in [-0.15, -0.1) is 0 Å². The first kappa shape index (κ1) is 14.2. The van der Waals surface area contributed by atoms with Crippen LogP contribution in [0.5, 0.6) is 0 Å². The molecule has 0 aromatic carbocycles. The van der Waals surface area contributed by atoms with E-state index in [-0.39, 0.29) is 18.5 Å². The third-order valence-corrected chi connectivity index (χ3v) is 3.01. The third-order valence-electron chi connectivity index (χ3n) is 3.01. The number of hydrogen-bond donors (Lipinski definition) is 1. The Morgan fingerprint density at radius 2 is 2.12 bits per heavy atom. The first-order valence-corrected chi connectivity index (χ1v) is 6.76. The van der Waals surface area contributed by atoms with E-state index in [1.165, 1.54) is 32.1 Å². The Morgan fingerprint density at radius 3 is 2.82 bits per heavy atom. The lowest BCUT2D eigenvalue weighted by Crippen LogP contribution is -2.31. The van der Waals surface area contributed by atoms with Crippen molar-refractivity contribution in [2.45, 2.75) is 70.5 Å². The highest BCUT2D eigenvalue weighted by molar-refractivity contribution is 5.71. The van der Waals surface area contributed by atoms with Crippen LogP contribution in [0.3, 0.4) is 0 Å². The van der Waals surface area contributed by atoms with Gasteiger partial charge >= 0.3 is 5.97 Å². The number of hydrogen-bond acceptors (Lipinski definition) is 3. The van der Waals surface area contributed by atoms with Gasteiger partial charge in [0.15, 0.2) is 0 Å². The summed E-state index contributed by atoms with van der Waals surface area (Å²) in [6.45, 7) is 2.21. The van der Waals surface area contributed by atoms with Gasteiger partial charge in [-0.1, -0.05) is 38.7 Å². The fourth-order valence-electron chi connectivity index (χ4n) is 2.04. The monoisotopic (exact) mass is 240 g/mol. The van der Waals surface area contributed by atoms with E-state index in [2.05, 4.69) is 13.0 Å². The van der Waals surface area contributed by atoms with Crippen molar-refractivity contribution in [1.82, 2.24) is 0 Å². The van der Waals surface area contributed by atoms with Gasteiger partial charge in [-0.2, -0.15) is 0 Å². The molecule has 0 unspecified atom stereocenters. The molecule has 2 atom stereocenters. The quantitative estimate of drug-likeness (QED) is 0.423. The van der Waals surface area contributed by atoms with E-state index in [1.54, 1.807) is 0 Å². The number of carbonyl (C=O) groups excluding carboxylic acids is 1. The van der Waals surface area contributed by atoms with Gasteiger partial charge in [0.2, 0.25) is 0 Å². The number of rotatable bonds is 7. The Hall–Kier alpha value is -0.830. The second-order valence-electron chi connectivity index (χ2n) is 4.75. The van der Waals surface area contributed by atoms with Crippen LogP contribution in [0.1, 0.15) is 58.3 Å². The largest absolute Gasteiger partial charge is 0.458 e. The summed E-state index contributed by atoms with van der Waals surface area (Å²) in [6, 6.07) is 0. The van der Waals surface area contributed by atoms with Crippen molar-refractivity contribution in [3.05, 3.63) is 12.2 Å². The minimum absolute atomic E-state index is 0.140. The fourth-order valence-corrected chi connectivity index (χ4v) is 2.04. The number of unbranched alkanes of at least 4 members (excludes halogenated alkanes) is 5. The molecule has 0 radical (unpaired) electrons. The van der Waals surface area contributed by atoms with Crippen molar-refractivity contribution in [3.8, 4) is 0 Å². The number of cyclic esters (lactones) is 1. The van der Waals surface area contributed by atoms with E-state index < -0.39 is 6.10 Å². The highest BCUT2D eigenvalue weighted by atomic mass is 16.5. The molecule has 1 heterocycles. The molecule has 0 aromatic heterocycles. The summed E-state index contributed by atoms with van der Waals surface area (Å²) in [5.41, 5.74) is 0. The van der Waals surface area contributed by atoms with Gasteiger partial charge < -0.3 is 9.84 Å². The molecule has 3 heteroatoms. The zero-order valence-electron chi connectivity index (χ0n) is 10.7. The maximum Gasteiger partial charge on any atom is 0.309 e. The Bertz CT molecular complexity index is 248. The molecule has 98 valence electrons. The predicted octanol–water partition coefficient (Wildman–Crippen LogP) is 2.97. The summed E-state index contributed by atoms with van der Waals surface area (Å²) >= 11 is 0. The zero-order valence-corrected chi connectivity index (χ0v) is 10.7. The van der Waals surface area contributed by atoms with Crippen LogP contribution in [0.25, 0.3) is 0 Å². The highest BCUT2D eigenvalue weighted by Crippen LogP contribution is 2.16. The summed E-state index contributed by atoms with van der Waals surface area (Å²) < 4.78 is 5.12. The van der Waals surface area contributed by atoms with Crippen LogP contribution in [-0.4, -0.2) is 23.3 Å². The molecule has 17 heavy (non-hydrogen) atoms. The molecule has 1 aliphatic rings. The lowest BCUT2D eigenvalue weighted by Gasteiger charge is -2.23. The number of esters is 1. The van der Waals surface area contributed by atoms with Crippen LogP contribution >= 0.6 is 0 Å². The standard InChI is InChI=1S/C14H24O3/c1-2-3-4-5-6-7-8-9-13-10-12(15)11-14(16)17-13/h8-9,12-13,15H,2-7,10-11H2,1H3/b9-8+/t12-,13-/m0/s1. The molecule has 0 amide bonds. The van der Waals surface area contributed by atoms with Gasteiger partial charge in [0, 0.05) is 6.42 Å². The molecule has 0 spiro atoms. The summed E-state index contributed by atoms with van der Waals surface area (Å²) in [6.07, 6.45) is 11.3. The molecule has 0 bridgehead atoms. The van der Waals surface area contributed by atoms with E-state index in [1.807, 2.05) is 6.08 Å². The number of aliphatic hydroxyl groups excluding tert-OH is 1. The normalized spacial score (nSPS) is 25.2. The summed E-state index contributed by atoms with van der Waals surface area (Å²) in [5.74, 6) is -0.290. The molecular weight excluding hydrogens is 216 g/mol. The predicted molar refractivity (Wildman–Crippen MR) is 67.6 cm³/mol. The smallest absolute Gasteiger partial charge is 0.309 e. The summed E-state index contributed by atoms with van der Waals surface area (Å²) in [4.78, 5) is 11.1. The molecule has 3 nitrogen and oxygen atoms in total. The molecule has 1 N–H and O–H groups in total. The molecular formula is C14H24O3. The third kappa shape index (κ3) is 6.47. The van der Waals surface area contributed by atoms with Gasteiger partial charge in [-0.05, 0) is 18.9 Å².